The summed E-state index contributed by atoms with van der Waals surface area (Å²) < 4.78 is 0.653. The van der Waals surface area contributed by atoms with Gasteiger partial charge in [-0.25, -0.2) is 4.98 Å². The predicted molar refractivity (Wildman–Crippen MR) is 89.0 cm³/mol. The number of hydrogen-bond donors (Lipinski definition) is 1. The van der Waals surface area contributed by atoms with Gasteiger partial charge in [0.1, 0.15) is 10.5 Å². The molecule has 3 rings (SSSR count). The van der Waals surface area contributed by atoms with Crippen LogP contribution >= 0.6 is 12.2 Å². The van der Waals surface area contributed by atoms with Gasteiger partial charge in [-0.1, -0.05) is 50.3 Å². The maximum absolute atomic E-state index is 5.42. The van der Waals surface area contributed by atoms with E-state index in [2.05, 4.69) is 47.0 Å². The molecule has 0 amide bonds. The highest BCUT2D eigenvalue weighted by atomic mass is 32.1. The van der Waals surface area contributed by atoms with Crippen molar-refractivity contribution < 1.29 is 0 Å². The SMILES string of the molecule is Cc1c(-c2cccc3cccnc23)[nH]c(C(C)C)nc1=S. The summed E-state index contributed by atoms with van der Waals surface area (Å²) in [4.78, 5) is 12.4. The van der Waals surface area contributed by atoms with Crippen LogP contribution in [-0.4, -0.2) is 15.0 Å². The Morgan fingerprint density at radius 2 is 1.90 bits per heavy atom. The Hall–Kier alpha value is -2.07. The lowest BCUT2D eigenvalue weighted by atomic mass is 10.0. The molecule has 21 heavy (non-hydrogen) atoms. The van der Waals surface area contributed by atoms with E-state index in [0.717, 1.165) is 33.5 Å². The molecule has 3 aromatic rings. The molecule has 2 aromatic heterocycles. The molecule has 0 atom stereocenters. The minimum Gasteiger partial charge on any atom is -0.343 e. The van der Waals surface area contributed by atoms with Gasteiger partial charge in [0.15, 0.2) is 0 Å². The van der Waals surface area contributed by atoms with Crippen LogP contribution in [0.4, 0.5) is 0 Å². The molecule has 2 heterocycles. The van der Waals surface area contributed by atoms with E-state index in [1.165, 1.54) is 0 Å². The second-order valence-electron chi connectivity index (χ2n) is 5.46. The minimum atomic E-state index is 0.300. The predicted octanol–water partition coefficient (Wildman–Crippen LogP) is 4.79. The molecular formula is C17H17N3S. The van der Waals surface area contributed by atoms with Gasteiger partial charge in [-0.15, -0.1) is 0 Å². The number of pyridine rings is 1. The van der Waals surface area contributed by atoms with Crippen molar-refractivity contribution >= 4 is 23.1 Å². The molecule has 0 bridgehead atoms. The minimum absolute atomic E-state index is 0.300. The van der Waals surface area contributed by atoms with Gasteiger partial charge in [-0.3, -0.25) is 4.98 Å². The molecule has 0 saturated carbocycles. The van der Waals surface area contributed by atoms with Gasteiger partial charge >= 0.3 is 0 Å². The van der Waals surface area contributed by atoms with Crippen LogP contribution in [0.3, 0.4) is 0 Å². The van der Waals surface area contributed by atoms with E-state index in [1.807, 2.05) is 25.3 Å². The number of hydrogen-bond acceptors (Lipinski definition) is 3. The molecule has 0 saturated heterocycles. The van der Waals surface area contributed by atoms with Crippen molar-refractivity contribution in [2.45, 2.75) is 26.7 Å². The van der Waals surface area contributed by atoms with Crippen molar-refractivity contribution in [2.24, 2.45) is 0 Å². The first-order valence-electron chi connectivity index (χ1n) is 7.03. The standard InChI is InChI=1S/C17H17N3S/c1-10(2)16-19-14(11(3)17(21)20-16)13-8-4-6-12-7-5-9-18-15(12)13/h4-10H,1-3H3,(H,19,20,21). The summed E-state index contributed by atoms with van der Waals surface area (Å²) in [6.07, 6.45) is 1.82. The molecular weight excluding hydrogens is 278 g/mol. The van der Waals surface area contributed by atoms with Crippen LogP contribution in [0.5, 0.6) is 0 Å². The van der Waals surface area contributed by atoms with E-state index in [1.54, 1.807) is 0 Å². The molecule has 0 aliphatic rings. The number of aromatic nitrogens is 3. The molecule has 0 fully saturated rings. The van der Waals surface area contributed by atoms with Crippen LogP contribution in [0.15, 0.2) is 36.5 Å². The Labute approximate surface area is 129 Å². The van der Waals surface area contributed by atoms with Crippen molar-refractivity contribution in [1.29, 1.82) is 0 Å². The van der Waals surface area contributed by atoms with Gasteiger partial charge in [0.2, 0.25) is 0 Å². The molecule has 0 spiro atoms. The molecule has 1 N–H and O–H groups in total. The van der Waals surface area contributed by atoms with Gasteiger partial charge in [-0.05, 0) is 13.0 Å². The van der Waals surface area contributed by atoms with Crippen LogP contribution in [0.1, 0.15) is 31.2 Å². The Morgan fingerprint density at radius 1 is 1.14 bits per heavy atom. The smallest absolute Gasteiger partial charge is 0.133 e. The number of nitrogens with one attached hydrogen (secondary N) is 1. The van der Waals surface area contributed by atoms with E-state index < -0.39 is 0 Å². The first-order valence-corrected chi connectivity index (χ1v) is 7.43. The molecule has 106 valence electrons. The fourth-order valence-corrected chi connectivity index (χ4v) is 2.60. The van der Waals surface area contributed by atoms with Crippen LogP contribution < -0.4 is 0 Å². The van der Waals surface area contributed by atoms with Crippen molar-refractivity contribution in [3.05, 3.63) is 52.6 Å². The zero-order valence-electron chi connectivity index (χ0n) is 12.3. The molecule has 0 radical (unpaired) electrons. The topological polar surface area (TPSA) is 41.6 Å². The Morgan fingerprint density at radius 3 is 2.67 bits per heavy atom. The first kappa shape index (κ1) is 13.9. The van der Waals surface area contributed by atoms with Crippen molar-refractivity contribution in [2.75, 3.05) is 0 Å². The Balaban J connectivity index is 2.35. The highest BCUT2D eigenvalue weighted by Gasteiger charge is 2.12. The molecule has 3 nitrogen and oxygen atoms in total. The molecule has 0 unspecified atom stereocenters. The summed E-state index contributed by atoms with van der Waals surface area (Å²) in [5.74, 6) is 1.21. The average molecular weight is 295 g/mol. The number of nitrogens with zero attached hydrogens (tertiary/aromatic N) is 2. The Bertz CT molecular complexity index is 860. The normalized spacial score (nSPS) is 11.2. The lowest BCUT2D eigenvalue weighted by Gasteiger charge is -2.13. The third kappa shape index (κ3) is 2.47. The number of fused-ring (bicyclic) bond motifs is 1. The number of aromatic amines is 1. The van der Waals surface area contributed by atoms with Gasteiger partial charge in [0.25, 0.3) is 0 Å². The fourth-order valence-electron chi connectivity index (χ4n) is 2.40. The monoisotopic (exact) mass is 295 g/mol. The van der Waals surface area contributed by atoms with E-state index in [-0.39, 0.29) is 0 Å². The summed E-state index contributed by atoms with van der Waals surface area (Å²) in [6, 6.07) is 10.2. The highest BCUT2D eigenvalue weighted by molar-refractivity contribution is 7.71. The molecule has 4 heteroatoms. The number of H-pyrrole nitrogens is 1. The van der Waals surface area contributed by atoms with Crippen molar-refractivity contribution in [3.8, 4) is 11.3 Å². The van der Waals surface area contributed by atoms with Crippen LogP contribution in [-0.2, 0) is 0 Å². The summed E-state index contributed by atoms with van der Waals surface area (Å²) >= 11 is 5.42. The maximum atomic E-state index is 5.42. The van der Waals surface area contributed by atoms with Crippen molar-refractivity contribution in [3.63, 3.8) is 0 Å². The Kier molecular flexibility index (Phi) is 3.55. The third-order valence-corrected chi connectivity index (χ3v) is 4.02. The fraction of sp³-hybridized carbons (Fsp3) is 0.235. The van der Waals surface area contributed by atoms with Crippen LogP contribution in [0.2, 0.25) is 0 Å². The molecule has 0 aliphatic carbocycles. The van der Waals surface area contributed by atoms with E-state index in [4.69, 9.17) is 12.2 Å². The van der Waals surface area contributed by atoms with Gasteiger partial charge < -0.3 is 4.98 Å². The molecule has 1 aromatic carbocycles. The quantitative estimate of drug-likeness (QED) is 0.691. The van der Waals surface area contributed by atoms with Crippen LogP contribution in [0.25, 0.3) is 22.2 Å². The lowest BCUT2D eigenvalue weighted by Crippen LogP contribution is -2.02. The maximum Gasteiger partial charge on any atom is 0.133 e. The van der Waals surface area contributed by atoms with Gasteiger partial charge in [0.05, 0.1) is 11.2 Å². The highest BCUT2D eigenvalue weighted by Crippen LogP contribution is 2.29. The van der Waals surface area contributed by atoms with Gasteiger partial charge in [-0.2, -0.15) is 0 Å². The summed E-state index contributed by atoms with van der Waals surface area (Å²) in [7, 11) is 0. The summed E-state index contributed by atoms with van der Waals surface area (Å²) in [5, 5.41) is 1.12. The second-order valence-corrected chi connectivity index (χ2v) is 5.85. The number of rotatable bonds is 2. The zero-order valence-corrected chi connectivity index (χ0v) is 13.2. The summed E-state index contributed by atoms with van der Waals surface area (Å²) in [5.41, 5.74) is 4.06. The summed E-state index contributed by atoms with van der Waals surface area (Å²) in [6.45, 7) is 6.22. The first-order chi connectivity index (χ1) is 10.1. The zero-order chi connectivity index (χ0) is 15.0. The third-order valence-electron chi connectivity index (χ3n) is 3.62. The van der Waals surface area contributed by atoms with Crippen molar-refractivity contribution in [1.82, 2.24) is 15.0 Å². The van der Waals surface area contributed by atoms with Gasteiger partial charge in [0, 0.05) is 28.6 Å². The molecule has 0 aliphatic heterocycles. The van der Waals surface area contributed by atoms with E-state index in [0.29, 0.717) is 10.6 Å². The second kappa shape index (κ2) is 5.37. The number of para-hydroxylation sites is 1. The lowest BCUT2D eigenvalue weighted by molar-refractivity contribution is 0.770. The van der Waals surface area contributed by atoms with E-state index >= 15 is 0 Å². The largest absolute Gasteiger partial charge is 0.343 e. The van der Waals surface area contributed by atoms with Crippen LogP contribution in [0, 0.1) is 11.6 Å². The average Bonchev–Trinajstić information content (AvgIpc) is 2.49. The number of benzene rings is 1. The van der Waals surface area contributed by atoms with E-state index in [9.17, 15) is 0 Å².